The minimum absolute atomic E-state index is 0.439. The van der Waals surface area contributed by atoms with Gasteiger partial charge in [-0.2, -0.15) is 0 Å². The molecule has 2 unspecified atom stereocenters. The van der Waals surface area contributed by atoms with Gasteiger partial charge in [0.1, 0.15) is 0 Å². The van der Waals surface area contributed by atoms with Crippen LogP contribution in [-0.2, 0) is 0 Å². The van der Waals surface area contributed by atoms with E-state index in [0.717, 1.165) is 12.8 Å². The number of benzene rings is 1. The molecule has 96 valence electrons. The first-order valence-corrected chi connectivity index (χ1v) is 6.95. The van der Waals surface area contributed by atoms with Gasteiger partial charge in [-0.1, -0.05) is 66.8 Å². The molecule has 1 aromatic rings. The van der Waals surface area contributed by atoms with Crippen molar-refractivity contribution in [3.63, 3.8) is 0 Å². The smallest absolute Gasteiger partial charge is 0.0481 e. The number of rotatable bonds is 3. The van der Waals surface area contributed by atoms with Crippen molar-refractivity contribution in [2.45, 2.75) is 24.8 Å². The van der Waals surface area contributed by atoms with E-state index >= 15 is 0 Å². The minimum atomic E-state index is 0.439. The van der Waals surface area contributed by atoms with E-state index in [1.165, 1.54) is 11.3 Å². The highest BCUT2D eigenvalue weighted by Crippen LogP contribution is 2.26. The van der Waals surface area contributed by atoms with Crippen LogP contribution in [-0.4, -0.2) is 6.04 Å². The lowest BCUT2D eigenvalue weighted by Crippen LogP contribution is -2.26. The number of allylic oxidation sites excluding steroid dienone is 5. The second kappa shape index (κ2) is 5.75. The van der Waals surface area contributed by atoms with Crippen LogP contribution in [0.15, 0.2) is 78.6 Å². The summed E-state index contributed by atoms with van der Waals surface area (Å²) in [6, 6.07) is 11.1. The van der Waals surface area contributed by atoms with Crippen molar-refractivity contribution in [2.75, 3.05) is 0 Å². The Bertz CT molecular complexity index is 534. The Morgan fingerprint density at radius 2 is 1.84 bits per heavy atom. The zero-order valence-electron chi connectivity index (χ0n) is 11.0. The molecule has 1 nitrogen and oxygen atoms in total. The van der Waals surface area contributed by atoms with E-state index in [1.807, 2.05) is 0 Å². The molecular formula is C18H19N. The summed E-state index contributed by atoms with van der Waals surface area (Å²) in [6.07, 6.45) is 17.6. The van der Waals surface area contributed by atoms with Crippen molar-refractivity contribution in [1.82, 2.24) is 5.32 Å². The van der Waals surface area contributed by atoms with E-state index in [0.29, 0.717) is 12.0 Å². The Kier molecular flexibility index (Phi) is 3.64. The average molecular weight is 249 g/mol. The Labute approximate surface area is 115 Å². The van der Waals surface area contributed by atoms with Crippen LogP contribution in [0.25, 0.3) is 0 Å². The molecule has 0 aromatic heterocycles. The van der Waals surface area contributed by atoms with Gasteiger partial charge in [0.05, 0.1) is 0 Å². The largest absolute Gasteiger partial charge is 0.379 e. The molecule has 0 spiro atoms. The lowest BCUT2D eigenvalue weighted by Gasteiger charge is -2.21. The monoisotopic (exact) mass is 249 g/mol. The summed E-state index contributed by atoms with van der Waals surface area (Å²) >= 11 is 0. The molecule has 2 aliphatic carbocycles. The Balaban J connectivity index is 1.60. The highest BCUT2D eigenvalue weighted by molar-refractivity contribution is 5.33. The van der Waals surface area contributed by atoms with Gasteiger partial charge in [-0.25, -0.2) is 0 Å². The SMILES string of the molecule is C1=CCC(NC2=CCC(c3ccccc3)C=C2)C=C1. The van der Waals surface area contributed by atoms with Crippen LogP contribution >= 0.6 is 0 Å². The van der Waals surface area contributed by atoms with Crippen LogP contribution in [0.2, 0.25) is 0 Å². The molecule has 0 saturated carbocycles. The van der Waals surface area contributed by atoms with Gasteiger partial charge in [-0.15, -0.1) is 0 Å². The quantitative estimate of drug-likeness (QED) is 0.850. The first-order chi connectivity index (χ1) is 9.42. The number of nitrogens with one attached hydrogen (secondary N) is 1. The van der Waals surface area contributed by atoms with Crippen molar-refractivity contribution in [1.29, 1.82) is 0 Å². The molecule has 0 amide bonds. The minimum Gasteiger partial charge on any atom is -0.379 e. The topological polar surface area (TPSA) is 12.0 Å². The van der Waals surface area contributed by atoms with Crippen LogP contribution in [0.5, 0.6) is 0 Å². The van der Waals surface area contributed by atoms with E-state index in [1.54, 1.807) is 0 Å². The molecule has 0 radical (unpaired) electrons. The second-order valence-electron chi connectivity index (χ2n) is 5.07. The summed E-state index contributed by atoms with van der Waals surface area (Å²) in [5.41, 5.74) is 2.65. The third kappa shape index (κ3) is 3.05. The highest BCUT2D eigenvalue weighted by atomic mass is 14.9. The van der Waals surface area contributed by atoms with E-state index < -0.39 is 0 Å². The summed E-state index contributed by atoms with van der Waals surface area (Å²) in [6.45, 7) is 0. The van der Waals surface area contributed by atoms with E-state index in [2.05, 4.69) is 78.2 Å². The van der Waals surface area contributed by atoms with Crippen molar-refractivity contribution >= 4 is 0 Å². The summed E-state index contributed by atoms with van der Waals surface area (Å²) in [5, 5.41) is 3.57. The van der Waals surface area contributed by atoms with Gasteiger partial charge in [0.2, 0.25) is 0 Å². The summed E-state index contributed by atoms with van der Waals surface area (Å²) in [7, 11) is 0. The molecule has 1 aromatic carbocycles. The Morgan fingerprint density at radius 3 is 2.53 bits per heavy atom. The van der Waals surface area contributed by atoms with Gasteiger partial charge in [-0.05, 0) is 24.5 Å². The van der Waals surface area contributed by atoms with Gasteiger partial charge in [0.25, 0.3) is 0 Å². The van der Waals surface area contributed by atoms with Crippen molar-refractivity contribution in [3.8, 4) is 0 Å². The highest BCUT2D eigenvalue weighted by Gasteiger charge is 2.12. The fourth-order valence-electron chi connectivity index (χ4n) is 2.58. The second-order valence-corrected chi connectivity index (χ2v) is 5.07. The maximum absolute atomic E-state index is 3.57. The Morgan fingerprint density at radius 1 is 0.947 bits per heavy atom. The summed E-state index contributed by atoms with van der Waals surface area (Å²) in [4.78, 5) is 0. The predicted molar refractivity (Wildman–Crippen MR) is 80.8 cm³/mol. The van der Waals surface area contributed by atoms with Crippen LogP contribution in [0.3, 0.4) is 0 Å². The zero-order valence-corrected chi connectivity index (χ0v) is 11.0. The lowest BCUT2D eigenvalue weighted by molar-refractivity contribution is 0.672. The van der Waals surface area contributed by atoms with Gasteiger partial charge < -0.3 is 5.32 Å². The third-order valence-corrected chi connectivity index (χ3v) is 3.66. The molecule has 0 fully saturated rings. The van der Waals surface area contributed by atoms with Gasteiger partial charge in [-0.3, -0.25) is 0 Å². The maximum atomic E-state index is 3.57. The third-order valence-electron chi connectivity index (χ3n) is 3.66. The molecule has 0 aliphatic heterocycles. The molecule has 19 heavy (non-hydrogen) atoms. The van der Waals surface area contributed by atoms with E-state index in [9.17, 15) is 0 Å². The van der Waals surface area contributed by atoms with Crippen molar-refractivity contribution in [2.24, 2.45) is 0 Å². The first kappa shape index (κ1) is 12.0. The molecular weight excluding hydrogens is 230 g/mol. The molecule has 1 heteroatoms. The molecule has 0 saturated heterocycles. The van der Waals surface area contributed by atoms with Gasteiger partial charge in [0, 0.05) is 17.7 Å². The van der Waals surface area contributed by atoms with Gasteiger partial charge in [0.15, 0.2) is 0 Å². The maximum Gasteiger partial charge on any atom is 0.0481 e. The fraction of sp³-hybridized carbons (Fsp3) is 0.222. The normalized spacial score (nSPS) is 25.2. The lowest BCUT2D eigenvalue weighted by atomic mass is 9.91. The van der Waals surface area contributed by atoms with Crippen LogP contribution < -0.4 is 5.32 Å². The van der Waals surface area contributed by atoms with Crippen LogP contribution in [0, 0.1) is 0 Å². The molecule has 3 rings (SSSR count). The predicted octanol–water partition coefficient (Wildman–Crippen LogP) is 4.09. The first-order valence-electron chi connectivity index (χ1n) is 6.95. The standard InChI is InChI=1S/C18H19N/c1-3-7-15(8-4-1)16-11-13-18(14-12-16)19-17-9-5-2-6-10-17/h1-9,11,13-14,16-17,19H,10,12H2. The molecule has 0 heterocycles. The molecule has 1 N–H and O–H groups in total. The summed E-state index contributed by atoms with van der Waals surface area (Å²) < 4.78 is 0. The zero-order chi connectivity index (χ0) is 12.9. The van der Waals surface area contributed by atoms with E-state index in [4.69, 9.17) is 0 Å². The molecule has 0 bridgehead atoms. The molecule has 2 aliphatic rings. The van der Waals surface area contributed by atoms with Gasteiger partial charge >= 0.3 is 0 Å². The fourth-order valence-corrected chi connectivity index (χ4v) is 2.58. The molecule has 2 atom stereocenters. The Hall–Kier alpha value is -2.02. The summed E-state index contributed by atoms with van der Waals surface area (Å²) in [5.74, 6) is 0.522. The van der Waals surface area contributed by atoms with Crippen LogP contribution in [0.4, 0.5) is 0 Å². The van der Waals surface area contributed by atoms with Crippen molar-refractivity contribution < 1.29 is 0 Å². The van der Waals surface area contributed by atoms with E-state index in [-0.39, 0.29) is 0 Å². The number of hydrogen-bond donors (Lipinski definition) is 1. The van der Waals surface area contributed by atoms with Crippen LogP contribution in [0.1, 0.15) is 24.3 Å². The number of hydrogen-bond acceptors (Lipinski definition) is 1. The van der Waals surface area contributed by atoms with Crippen molar-refractivity contribution in [3.05, 3.63) is 84.1 Å². The average Bonchev–Trinajstić information content (AvgIpc) is 2.50.